The minimum absolute atomic E-state index is 0.580. The standard InChI is InChI=1S/C16H24N6O/c1-3-18-16(19-7-4-10-23-2)21-12-14-5-6-15(20-11-14)22-9-8-17-13-22/h5-6,8-9,11,13H,3-4,7,10,12H2,1-2H3,(H2,18,19,21). The van der Waals surface area contributed by atoms with Crippen molar-refractivity contribution in [1.82, 2.24) is 25.2 Å². The highest BCUT2D eigenvalue weighted by Crippen LogP contribution is 2.06. The van der Waals surface area contributed by atoms with Crippen LogP contribution in [0.5, 0.6) is 0 Å². The molecule has 124 valence electrons. The summed E-state index contributed by atoms with van der Waals surface area (Å²) in [6.45, 7) is 5.03. The van der Waals surface area contributed by atoms with Crippen LogP contribution in [0, 0.1) is 0 Å². The fraction of sp³-hybridized carbons (Fsp3) is 0.438. The number of nitrogens with zero attached hydrogens (tertiary/aromatic N) is 4. The minimum atomic E-state index is 0.580. The van der Waals surface area contributed by atoms with Gasteiger partial charge in [-0.25, -0.2) is 15.0 Å². The van der Waals surface area contributed by atoms with Crippen LogP contribution in [0.4, 0.5) is 0 Å². The van der Waals surface area contributed by atoms with Crippen LogP contribution in [0.15, 0.2) is 42.0 Å². The molecule has 0 aliphatic carbocycles. The van der Waals surface area contributed by atoms with E-state index in [2.05, 4.69) is 25.6 Å². The molecule has 0 aliphatic rings. The van der Waals surface area contributed by atoms with Crippen molar-refractivity contribution in [2.75, 3.05) is 26.8 Å². The summed E-state index contributed by atoms with van der Waals surface area (Å²) in [6, 6.07) is 3.99. The van der Waals surface area contributed by atoms with Gasteiger partial charge in [0.25, 0.3) is 0 Å². The quantitative estimate of drug-likeness (QED) is 0.437. The Morgan fingerprint density at radius 1 is 1.35 bits per heavy atom. The maximum Gasteiger partial charge on any atom is 0.191 e. The first kappa shape index (κ1) is 17.0. The molecule has 0 saturated carbocycles. The molecule has 23 heavy (non-hydrogen) atoms. The highest BCUT2D eigenvalue weighted by molar-refractivity contribution is 5.79. The number of aromatic nitrogens is 3. The largest absolute Gasteiger partial charge is 0.385 e. The van der Waals surface area contributed by atoms with Crippen LogP contribution in [0.1, 0.15) is 18.9 Å². The van der Waals surface area contributed by atoms with Gasteiger partial charge in [0.2, 0.25) is 0 Å². The molecule has 0 spiro atoms. The fourth-order valence-electron chi connectivity index (χ4n) is 1.99. The maximum absolute atomic E-state index is 5.04. The summed E-state index contributed by atoms with van der Waals surface area (Å²) < 4.78 is 6.91. The molecule has 0 saturated heterocycles. The third-order valence-electron chi connectivity index (χ3n) is 3.16. The normalized spacial score (nSPS) is 11.5. The van der Waals surface area contributed by atoms with E-state index in [-0.39, 0.29) is 0 Å². The number of pyridine rings is 1. The molecule has 2 rings (SSSR count). The van der Waals surface area contributed by atoms with Crippen molar-refractivity contribution >= 4 is 5.96 Å². The predicted octanol–water partition coefficient (Wildman–Crippen LogP) is 1.36. The van der Waals surface area contributed by atoms with E-state index < -0.39 is 0 Å². The Bertz CT molecular complexity index is 579. The van der Waals surface area contributed by atoms with Crippen molar-refractivity contribution in [2.24, 2.45) is 4.99 Å². The Labute approximate surface area is 136 Å². The van der Waals surface area contributed by atoms with Gasteiger partial charge in [0.1, 0.15) is 12.1 Å². The number of hydrogen-bond acceptors (Lipinski definition) is 4. The lowest BCUT2D eigenvalue weighted by Gasteiger charge is -2.11. The first-order chi connectivity index (χ1) is 11.3. The molecule has 2 aromatic heterocycles. The SMILES string of the molecule is CCNC(=NCc1ccc(-n2ccnc2)nc1)NCCCOC. The van der Waals surface area contributed by atoms with E-state index in [9.17, 15) is 0 Å². The van der Waals surface area contributed by atoms with Gasteiger partial charge in [0.15, 0.2) is 5.96 Å². The van der Waals surface area contributed by atoms with Gasteiger partial charge in [-0.1, -0.05) is 6.07 Å². The van der Waals surface area contributed by atoms with Crippen LogP contribution in [-0.2, 0) is 11.3 Å². The first-order valence-corrected chi connectivity index (χ1v) is 7.78. The summed E-state index contributed by atoms with van der Waals surface area (Å²) in [5.41, 5.74) is 1.06. The smallest absolute Gasteiger partial charge is 0.191 e. The molecule has 0 fully saturated rings. The lowest BCUT2D eigenvalue weighted by Crippen LogP contribution is -2.38. The monoisotopic (exact) mass is 316 g/mol. The first-order valence-electron chi connectivity index (χ1n) is 7.78. The molecule has 2 heterocycles. The molecule has 0 aliphatic heterocycles. The van der Waals surface area contributed by atoms with E-state index in [1.54, 1.807) is 19.6 Å². The van der Waals surface area contributed by atoms with Crippen LogP contribution >= 0.6 is 0 Å². The second-order valence-corrected chi connectivity index (χ2v) is 4.96. The Hall–Kier alpha value is -2.41. The number of aliphatic imine (C=N–C) groups is 1. The molecule has 2 aromatic rings. The summed E-state index contributed by atoms with van der Waals surface area (Å²) in [4.78, 5) is 13.0. The predicted molar refractivity (Wildman–Crippen MR) is 90.7 cm³/mol. The van der Waals surface area contributed by atoms with Gasteiger partial charge < -0.3 is 15.4 Å². The summed E-state index contributed by atoms with van der Waals surface area (Å²) >= 11 is 0. The summed E-state index contributed by atoms with van der Waals surface area (Å²) in [6.07, 6.45) is 8.12. The number of nitrogens with one attached hydrogen (secondary N) is 2. The zero-order valence-corrected chi connectivity index (χ0v) is 13.7. The number of hydrogen-bond donors (Lipinski definition) is 2. The van der Waals surface area contributed by atoms with E-state index in [4.69, 9.17) is 4.74 Å². The van der Waals surface area contributed by atoms with Gasteiger partial charge in [-0.15, -0.1) is 0 Å². The summed E-state index contributed by atoms with van der Waals surface area (Å²) in [7, 11) is 1.71. The average molecular weight is 316 g/mol. The molecular formula is C16H24N6O. The molecule has 0 atom stereocenters. The van der Waals surface area contributed by atoms with Crippen molar-refractivity contribution in [3.8, 4) is 5.82 Å². The van der Waals surface area contributed by atoms with Crippen LogP contribution < -0.4 is 10.6 Å². The number of guanidine groups is 1. The molecule has 0 aromatic carbocycles. The average Bonchev–Trinajstić information content (AvgIpc) is 3.11. The van der Waals surface area contributed by atoms with Crippen LogP contribution in [0.3, 0.4) is 0 Å². The molecule has 2 N–H and O–H groups in total. The second-order valence-electron chi connectivity index (χ2n) is 4.96. The molecule has 7 heteroatoms. The Morgan fingerprint density at radius 3 is 2.91 bits per heavy atom. The molecule has 7 nitrogen and oxygen atoms in total. The number of ether oxygens (including phenoxy) is 1. The minimum Gasteiger partial charge on any atom is -0.385 e. The van der Waals surface area contributed by atoms with Crippen molar-refractivity contribution in [1.29, 1.82) is 0 Å². The molecule has 0 radical (unpaired) electrons. The zero-order valence-electron chi connectivity index (χ0n) is 13.7. The lowest BCUT2D eigenvalue weighted by molar-refractivity contribution is 0.195. The highest BCUT2D eigenvalue weighted by atomic mass is 16.5. The number of imidazole rings is 1. The lowest BCUT2D eigenvalue weighted by atomic mass is 10.3. The number of methoxy groups -OCH3 is 1. The molecule has 0 bridgehead atoms. The van der Waals surface area contributed by atoms with Crippen molar-refractivity contribution in [3.63, 3.8) is 0 Å². The van der Waals surface area contributed by atoms with Crippen molar-refractivity contribution in [2.45, 2.75) is 19.9 Å². The van der Waals surface area contributed by atoms with Crippen LogP contribution in [-0.4, -0.2) is 47.3 Å². The molecular weight excluding hydrogens is 292 g/mol. The number of rotatable bonds is 8. The van der Waals surface area contributed by atoms with Crippen LogP contribution in [0.25, 0.3) is 5.82 Å². The highest BCUT2D eigenvalue weighted by Gasteiger charge is 2.00. The van der Waals surface area contributed by atoms with E-state index in [0.29, 0.717) is 6.54 Å². The van der Waals surface area contributed by atoms with Crippen molar-refractivity contribution < 1.29 is 4.74 Å². The summed E-state index contributed by atoms with van der Waals surface area (Å²) in [5.74, 6) is 1.65. The third-order valence-corrected chi connectivity index (χ3v) is 3.16. The second kappa shape index (κ2) is 9.58. The van der Waals surface area contributed by atoms with Crippen molar-refractivity contribution in [3.05, 3.63) is 42.6 Å². The van der Waals surface area contributed by atoms with Gasteiger partial charge >= 0.3 is 0 Å². The topological polar surface area (TPSA) is 76.4 Å². The zero-order chi connectivity index (χ0) is 16.3. The van der Waals surface area contributed by atoms with Gasteiger partial charge in [0, 0.05) is 45.4 Å². The van der Waals surface area contributed by atoms with E-state index in [1.807, 2.05) is 36.0 Å². The summed E-state index contributed by atoms with van der Waals surface area (Å²) in [5, 5.41) is 6.51. The third kappa shape index (κ3) is 5.71. The Balaban J connectivity index is 1.90. The molecule has 0 amide bonds. The fourth-order valence-corrected chi connectivity index (χ4v) is 1.99. The Morgan fingerprint density at radius 2 is 2.26 bits per heavy atom. The Kier molecular flexibility index (Phi) is 7.06. The van der Waals surface area contributed by atoms with E-state index in [0.717, 1.165) is 43.5 Å². The van der Waals surface area contributed by atoms with Gasteiger partial charge in [0.05, 0.1) is 6.54 Å². The van der Waals surface area contributed by atoms with Gasteiger partial charge in [-0.3, -0.25) is 4.57 Å². The van der Waals surface area contributed by atoms with Gasteiger partial charge in [-0.05, 0) is 25.0 Å². The van der Waals surface area contributed by atoms with E-state index >= 15 is 0 Å². The maximum atomic E-state index is 5.04. The molecule has 0 unspecified atom stereocenters. The van der Waals surface area contributed by atoms with E-state index in [1.165, 1.54) is 0 Å². The van der Waals surface area contributed by atoms with Crippen LogP contribution in [0.2, 0.25) is 0 Å². The van der Waals surface area contributed by atoms with Gasteiger partial charge in [-0.2, -0.15) is 0 Å².